The van der Waals surface area contributed by atoms with Crippen molar-refractivity contribution in [3.8, 4) is 0 Å². The van der Waals surface area contributed by atoms with Crippen molar-refractivity contribution in [2.75, 3.05) is 26.2 Å². The van der Waals surface area contributed by atoms with Crippen molar-refractivity contribution in [2.45, 2.75) is 25.3 Å². The van der Waals surface area contributed by atoms with Crippen LogP contribution in [0.1, 0.15) is 18.4 Å². The lowest BCUT2D eigenvalue weighted by molar-refractivity contribution is -0.148. The van der Waals surface area contributed by atoms with Crippen molar-refractivity contribution in [3.05, 3.63) is 48.6 Å². The number of rotatable bonds is 4. The van der Waals surface area contributed by atoms with Crippen molar-refractivity contribution < 1.29 is 14.4 Å². The van der Waals surface area contributed by atoms with E-state index in [1.165, 1.54) is 6.08 Å². The van der Waals surface area contributed by atoms with E-state index in [1.54, 1.807) is 9.80 Å². The standard InChI is InChI=1S/C20H25N3O3/c1-2-18(24)22-11-6-9-16(14-22)20(26)23-12-10-21-19(25)17(23)13-15-7-4-3-5-8-15/h2-5,7-8,16-17H,1,6,9-14H2,(H,21,25). The molecule has 0 aromatic heterocycles. The molecular formula is C20H25N3O3. The Bertz CT molecular complexity index is 689. The topological polar surface area (TPSA) is 69.7 Å². The van der Waals surface area contributed by atoms with Crippen LogP contribution in [0.2, 0.25) is 0 Å². The Labute approximate surface area is 153 Å². The molecule has 0 spiro atoms. The number of hydrogen-bond donors (Lipinski definition) is 1. The normalized spacial score (nSPS) is 23.3. The molecule has 0 saturated carbocycles. The van der Waals surface area contributed by atoms with E-state index in [2.05, 4.69) is 11.9 Å². The van der Waals surface area contributed by atoms with Crippen molar-refractivity contribution >= 4 is 17.7 Å². The molecule has 3 rings (SSSR count). The average molecular weight is 355 g/mol. The van der Waals surface area contributed by atoms with Crippen LogP contribution in [0.15, 0.2) is 43.0 Å². The van der Waals surface area contributed by atoms with Gasteiger partial charge in [-0.05, 0) is 24.5 Å². The predicted octanol–water partition coefficient (Wildman–Crippen LogP) is 0.981. The molecule has 6 heteroatoms. The van der Waals surface area contributed by atoms with Crippen LogP contribution < -0.4 is 5.32 Å². The molecule has 1 aromatic carbocycles. The number of hydrogen-bond acceptors (Lipinski definition) is 3. The molecule has 2 atom stereocenters. The lowest BCUT2D eigenvalue weighted by atomic mass is 9.94. The fourth-order valence-electron chi connectivity index (χ4n) is 3.76. The molecule has 6 nitrogen and oxygen atoms in total. The molecule has 2 aliphatic heterocycles. The molecule has 2 fully saturated rings. The maximum Gasteiger partial charge on any atom is 0.245 e. The summed E-state index contributed by atoms with van der Waals surface area (Å²) in [6.07, 6.45) is 3.33. The summed E-state index contributed by atoms with van der Waals surface area (Å²) in [5.41, 5.74) is 1.03. The van der Waals surface area contributed by atoms with Gasteiger partial charge in [-0.2, -0.15) is 0 Å². The zero-order valence-corrected chi connectivity index (χ0v) is 14.9. The molecular weight excluding hydrogens is 330 g/mol. The third-order valence-electron chi connectivity index (χ3n) is 5.14. The Hall–Kier alpha value is -2.63. The van der Waals surface area contributed by atoms with Gasteiger partial charge in [-0.3, -0.25) is 14.4 Å². The van der Waals surface area contributed by atoms with Crippen LogP contribution >= 0.6 is 0 Å². The molecule has 3 amide bonds. The first-order valence-corrected chi connectivity index (χ1v) is 9.13. The summed E-state index contributed by atoms with van der Waals surface area (Å²) >= 11 is 0. The van der Waals surface area contributed by atoms with Crippen LogP contribution in [0, 0.1) is 5.92 Å². The summed E-state index contributed by atoms with van der Waals surface area (Å²) in [7, 11) is 0. The highest BCUT2D eigenvalue weighted by molar-refractivity contribution is 5.91. The van der Waals surface area contributed by atoms with Gasteiger partial charge in [0.05, 0.1) is 5.92 Å². The fourth-order valence-corrected chi connectivity index (χ4v) is 3.76. The summed E-state index contributed by atoms with van der Waals surface area (Å²) in [4.78, 5) is 40.8. The van der Waals surface area contributed by atoms with Gasteiger partial charge in [0.15, 0.2) is 0 Å². The number of piperidine rings is 1. The predicted molar refractivity (Wildman–Crippen MR) is 98.2 cm³/mol. The van der Waals surface area contributed by atoms with Gasteiger partial charge in [0.2, 0.25) is 17.7 Å². The molecule has 0 aliphatic carbocycles. The molecule has 2 saturated heterocycles. The van der Waals surface area contributed by atoms with Crippen LogP contribution in [0.3, 0.4) is 0 Å². The average Bonchev–Trinajstić information content (AvgIpc) is 2.69. The summed E-state index contributed by atoms with van der Waals surface area (Å²) in [6.45, 7) is 5.56. The van der Waals surface area contributed by atoms with E-state index in [1.807, 2.05) is 30.3 Å². The second-order valence-corrected chi connectivity index (χ2v) is 6.86. The SMILES string of the molecule is C=CC(=O)N1CCCC(C(=O)N2CCNC(=O)C2Cc2ccccc2)C1. The summed E-state index contributed by atoms with van der Waals surface area (Å²) in [5, 5.41) is 2.87. The summed E-state index contributed by atoms with van der Waals surface area (Å²) < 4.78 is 0. The highest BCUT2D eigenvalue weighted by Crippen LogP contribution is 2.22. The lowest BCUT2D eigenvalue weighted by Crippen LogP contribution is -2.60. The van der Waals surface area contributed by atoms with Crippen LogP contribution in [-0.4, -0.2) is 59.7 Å². The van der Waals surface area contributed by atoms with Crippen molar-refractivity contribution in [1.29, 1.82) is 0 Å². The van der Waals surface area contributed by atoms with Crippen LogP contribution in [0.5, 0.6) is 0 Å². The van der Waals surface area contributed by atoms with Gasteiger partial charge < -0.3 is 15.1 Å². The summed E-state index contributed by atoms with van der Waals surface area (Å²) in [6, 6.07) is 9.24. The number of carbonyl (C=O) groups excluding carboxylic acids is 3. The van der Waals surface area contributed by atoms with Crippen LogP contribution in [0.4, 0.5) is 0 Å². The molecule has 2 unspecified atom stereocenters. The minimum atomic E-state index is -0.496. The van der Waals surface area contributed by atoms with Crippen molar-refractivity contribution in [1.82, 2.24) is 15.1 Å². The Morgan fingerprint density at radius 1 is 1.23 bits per heavy atom. The molecule has 26 heavy (non-hydrogen) atoms. The highest BCUT2D eigenvalue weighted by Gasteiger charge is 2.38. The Balaban J connectivity index is 1.74. The van der Waals surface area contributed by atoms with E-state index in [0.29, 0.717) is 32.6 Å². The Kier molecular flexibility index (Phi) is 5.71. The van der Waals surface area contributed by atoms with Gasteiger partial charge in [-0.1, -0.05) is 36.9 Å². The number of piperazine rings is 1. The van der Waals surface area contributed by atoms with E-state index in [-0.39, 0.29) is 23.6 Å². The van der Waals surface area contributed by atoms with Gasteiger partial charge in [0, 0.05) is 32.6 Å². The number of carbonyl (C=O) groups is 3. The molecule has 1 N–H and O–H groups in total. The number of amides is 3. The molecule has 1 aromatic rings. The minimum absolute atomic E-state index is 0.0256. The molecule has 0 bridgehead atoms. The first-order chi connectivity index (χ1) is 12.6. The van der Waals surface area contributed by atoms with E-state index >= 15 is 0 Å². The van der Waals surface area contributed by atoms with Gasteiger partial charge in [0.1, 0.15) is 6.04 Å². The van der Waals surface area contributed by atoms with E-state index in [4.69, 9.17) is 0 Å². The van der Waals surface area contributed by atoms with E-state index < -0.39 is 6.04 Å². The molecule has 2 heterocycles. The van der Waals surface area contributed by atoms with E-state index in [0.717, 1.165) is 18.4 Å². The van der Waals surface area contributed by atoms with Gasteiger partial charge in [-0.25, -0.2) is 0 Å². The Morgan fingerprint density at radius 3 is 2.73 bits per heavy atom. The molecule has 0 radical (unpaired) electrons. The number of benzene rings is 1. The molecule has 2 aliphatic rings. The van der Waals surface area contributed by atoms with Gasteiger partial charge >= 0.3 is 0 Å². The summed E-state index contributed by atoms with van der Waals surface area (Å²) in [5.74, 6) is -0.526. The van der Waals surface area contributed by atoms with Gasteiger partial charge in [0.25, 0.3) is 0 Å². The van der Waals surface area contributed by atoms with Crippen molar-refractivity contribution in [3.63, 3.8) is 0 Å². The maximum absolute atomic E-state index is 13.1. The first kappa shape index (κ1) is 18.2. The fraction of sp³-hybridized carbons (Fsp3) is 0.450. The molecule has 138 valence electrons. The third kappa shape index (κ3) is 3.95. The first-order valence-electron chi connectivity index (χ1n) is 9.13. The van der Waals surface area contributed by atoms with Crippen LogP contribution in [-0.2, 0) is 20.8 Å². The van der Waals surface area contributed by atoms with E-state index in [9.17, 15) is 14.4 Å². The Morgan fingerprint density at radius 2 is 2.00 bits per heavy atom. The van der Waals surface area contributed by atoms with Gasteiger partial charge in [-0.15, -0.1) is 0 Å². The largest absolute Gasteiger partial charge is 0.353 e. The van der Waals surface area contributed by atoms with Crippen molar-refractivity contribution in [2.24, 2.45) is 5.92 Å². The minimum Gasteiger partial charge on any atom is -0.353 e. The van der Waals surface area contributed by atoms with Crippen LogP contribution in [0.25, 0.3) is 0 Å². The second-order valence-electron chi connectivity index (χ2n) is 6.86. The second kappa shape index (κ2) is 8.17. The zero-order chi connectivity index (χ0) is 18.5. The third-order valence-corrected chi connectivity index (χ3v) is 5.14. The lowest BCUT2D eigenvalue weighted by Gasteiger charge is -2.39. The zero-order valence-electron chi connectivity index (χ0n) is 14.9. The maximum atomic E-state index is 13.1. The quantitative estimate of drug-likeness (QED) is 0.819. The number of likely N-dealkylation sites (tertiary alicyclic amines) is 1. The smallest absolute Gasteiger partial charge is 0.245 e. The number of nitrogens with zero attached hydrogens (tertiary/aromatic N) is 2. The number of nitrogens with one attached hydrogen (secondary N) is 1. The monoisotopic (exact) mass is 355 g/mol. The highest BCUT2D eigenvalue weighted by atomic mass is 16.2.